The minimum absolute atomic E-state index is 0.0441. The van der Waals surface area contributed by atoms with E-state index in [9.17, 15) is 77.3 Å². The number of hydrogen-bond acceptors (Lipinski definition) is 30. The molecule has 7 rings (SSSR count). The molecule has 0 aliphatic carbocycles. The van der Waals surface area contributed by atoms with Crippen molar-refractivity contribution >= 4 is 185 Å². The summed E-state index contributed by atoms with van der Waals surface area (Å²) in [6.45, 7) is -2.03. The van der Waals surface area contributed by atoms with E-state index in [1.807, 2.05) is 0 Å². The van der Waals surface area contributed by atoms with Gasteiger partial charge in [-0.25, -0.2) is 0 Å². The van der Waals surface area contributed by atoms with Gasteiger partial charge in [-0.1, -0.05) is 128 Å². The van der Waals surface area contributed by atoms with Crippen molar-refractivity contribution in [1.82, 2.24) is 84.2 Å². The fraction of sp³-hybridized carbons (Fsp3) is 0.478. The molecule has 3 heterocycles. The van der Waals surface area contributed by atoms with E-state index in [4.69, 9.17) is 57.3 Å². The van der Waals surface area contributed by atoms with Crippen molar-refractivity contribution in [2.75, 3.05) is 62.3 Å². The Morgan fingerprint density at radius 3 is 0.986 bits per heavy atom. The molecule has 4 aromatic carbocycles. The van der Waals surface area contributed by atoms with Crippen LogP contribution in [0.4, 0.5) is 0 Å². The van der Waals surface area contributed by atoms with Gasteiger partial charge in [-0.05, 0) is 111 Å². The Labute approximate surface area is 865 Å². The molecule has 0 aromatic heterocycles. The van der Waals surface area contributed by atoms with Gasteiger partial charge in [0.25, 0.3) is 0 Å². The SMILES string of the molecule is NC(=O)CC[C@@H]1NC(=O)[C@H](Cc2ccccc2)NC(=O)[C@H](Cc2ccc(O)cc2)NC(=O)CCSSCCC(=O)N[C@H](Cc2ccc(O)cc2)C(=O)N[C@H](Cc2ccccc2)C(=O)N[C@H](CCC(N)=O)C(=O)N[C@H](CC(N)=O)C(=O)NC(C(=O)N2CCC[C@@H]2C(=O)N[C@@H](CCCN=C(N)N)C(=O)NCC(N)=O)CSSCC(C(=O)N2CCC[C@H]2C(=O)N[C@H](CCCN=C(N)N)C(=O)NCC(N)=O)NC(=O)[C@H](CC(N)=O)NC1=O. The Balaban J connectivity index is 1.37. The number of aromatic hydroxyl groups is 2. The van der Waals surface area contributed by atoms with E-state index in [1.54, 1.807) is 60.7 Å². The lowest BCUT2D eigenvalue weighted by Gasteiger charge is -2.31. The summed E-state index contributed by atoms with van der Waals surface area (Å²) in [5.41, 5.74) is 57.3. The number of benzene rings is 4. The largest absolute Gasteiger partial charge is 0.508 e. The molecule has 3 fully saturated rings. The molecule has 804 valence electrons. The van der Waals surface area contributed by atoms with Gasteiger partial charge in [0.2, 0.25) is 130 Å². The molecule has 0 radical (unpaired) electrons. The van der Waals surface area contributed by atoms with Crippen LogP contribution in [0.3, 0.4) is 0 Å². The van der Waals surface area contributed by atoms with Crippen molar-refractivity contribution in [2.45, 2.75) is 213 Å². The summed E-state index contributed by atoms with van der Waals surface area (Å²) in [5, 5.41) is 55.8. The highest BCUT2D eigenvalue weighted by molar-refractivity contribution is 8.77. The molecule has 0 saturated carbocycles. The third-order valence-corrected chi connectivity index (χ3v) is 27.8. The Hall–Kier alpha value is -15.2. The maximum absolute atomic E-state index is 15.7. The summed E-state index contributed by atoms with van der Waals surface area (Å²) in [6.07, 6.45) is -6.98. The molecule has 3 aliphatic rings. The number of nitrogens with zero attached hydrogens (tertiary/aromatic N) is 4. The molecule has 56 heteroatoms. The van der Waals surface area contributed by atoms with Gasteiger partial charge < -0.3 is 152 Å². The van der Waals surface area contributed by atoms with Crippen LogP contribution in [-0.4, -0.2) is 309 Å². The minimum Gasteiger partial charge on any atom is -0.508 e. The molecule has 3 saturated heterocycles. The molecule has 4 aromatic rings. The third kappa shape index (κ3) is 42.8. The maximum Gasteiger partial charge on any atom is 0.246 e. The summed E-state index contributed by atoms with van der Waals surface area (Å²) in [4.78, 5) is 323. The molecule has 0 spiro atoms. The smallest absolute Gasteiger partial charge is 0.246 e. The number of nitrogens with two attached hydrogens (primary N) is 10. The van der Waals surface area contributed by atoms with Crippen LogP contribution < -0.4 is 132 Å². The van der Waals surface area contributed by atoms with Gasteiger partial charge in [0.05, 0.1) is 25.9 Å². The van der Waals surface area contributed by atoms with Crippen molar-refractivity contribution in [1.29, 1.82) is 0 Å². The zero-order valence-electron chi connectivity index (χ0n) is 80.8. The Kier molecular flexibility index (Phi) is 50.1. The Bertz CT molecular complexity index is 5080. The number of nitrogens with one attached hydrogen (secondary N) is 14. The van der Waals surface area contributed by atoms with Crippen LogP contribution in [-0.2, 0) is 131 Å². The highest BCUT2D eigenvalue weighted by Crippen LogP contribution is 2.30. The summed E-state index contributed by atoms with van der Waals surface area (Å²) in [6, 6.07) is 2.90. The van der Waals surface area contributed by atoms with E-state index in [0.29, 0.717) is 43.8 Å². The van der Waals surface area contributed by atoms with Crippen molar-refractivity contribution in [3.05, 3.63) is 131 Å². The normalized spacial score (nSPS) is 21.7. The quantitative estimate of drug-likeness (QED) is 0.00857. The van der Waals surface area contributed by atoms with Crippen LogP contribution in [0, 0.1) is 0 Å². The van der Waals surface area contributed by atoms with Crippen LogP contribution in [0.1, 0.15) is 125 Å². The first-order valence-electron chi connectivity index (χ1n) is 47.1. The van der Waals surface area contributed by atoms with E-state index in [-0.39, 0.29) is 151 Å². The first kappa shape index (κ1) is 120. The fourth-order valence-electron chi connectivity index (χ4n) is 15.6. The number of rotatable bonds is 38. The zero-order chi connectivity index (χ0) is 109. The number of hydrogen-bond donors (Lipinski definition) is 26. The first-order valence-corrected chi connectivity index (χ1v) is 52.1. The van der Waals surface area contributed by atoms with Crippen LogP contribution in [0.2, 0.25) is 0 Å². The molecule has 14 atom stereocenters. The highest BCUT2D eigenvalue weighted by atomic mass is 33.1. The summed E-state index contributed by atoms with van der Waals surface area (Å²) >= 11 is 0. The molecular formula is C92H128N28O24S4. The number of carbonyl (C=O) groups excluding carboxylic acids is 22. The number of likely N-dealkylation sites (tertiary alicyclic amines) is 2. The van der Waals surface area contributed by atoms with Crippen molar-refractivity contribution < 1.29 is 116 Å². The summed E-state index contributed by atoms with van der Waals surface area (Å²) in [5.74, 6) is -25.7. The van der Waals surface area contributed by atoms with Crippen LogP contribution in [0.15, 0.2) is 119 Å². The predicted octanol–water partition coefficient (Wildman–Crippen LogP) is -8.68. The average molecular weight is 2140 g/mol. The lowest BCUT2D eigenvalue weighted by atomic mass is 10.0. The molecule has 22 amide bonds. The first-order chi connectivity index (χ1) is 70.4. The number of amides is 22. The Morgan fingerprint density at radius 2 is 0.669 bits per heavy atom. The third-order valence-electron chi connectivity index (χ3n) is 23.0. The molecular weight excluding hydrogens is 2010 g/mol. The summed E-state index contributed by atoms with van der Waals surface area (Å²) < 4.78 is 0. The van der Waals surface area contributed by atoms with Gasteiger partial charge >= 0.3 is 0 Å². The second-order valence-corrected chi connectivity index (χ2v) is 39.9. The lowest BCUT2D eigenvalue weighted by Crippen LogP contribution is -2.61. The number of phenolic OH excluding ortho intramolecular Hbond substituents is 2. The zero-order valence-corrected chi connectivity index (χ0v) is 84.0. The van der Waals surface area contributed by atoms with Gasteiger partial charge in [-0.3, -0.25) is 115 Å². The number of guanidine groups is 2. The van der Waals surface area contributed by atoms with Gasteiger partial charge in [-0.15, -0.1) is 0 Å². The summed E-state index contributed by atoms with van der Waals surface area (Å²) in [7, 11) is 3.58. The van der Waals surface area contributed by atoms with Gasteiger partial charge in [-0.2, -0.15) is 0 Å². The maximum atomic E-state index is 15.7. The predicted molar refractivity (Wildman–Crippen MR) is 544 cm³/mol. The second-order valence-electron chi connectivity index (χ2n) is 34.7. The average Bonchev–Trinajstić information content (AvgIpc) is 1.66. The van der Waals surface area contributed by atoms with Gasteiger partial charge in [0.15, 0.2) is 11.9 Å². The van der Waals surface area contributed by atoms with Crippen LogP contribution in [0.25, 0.3) is 0 Å². The van der Waals surface area contributed by atoms with E-state index in [1.165, 1.54) is 48.5 Å². The van der Waals surface area contributed by atoms with Crippen LogP contribution >= 0.6 is 43.2 Å². The molecule has 36 N–H and O–H groups in total. The highest BCUT2D eigenvalue weighted by Gasteiger charge is 2.45. The van der Waals surface area contributed by atoms with Gasteiger partial charge in [0.1, 0.15) is 96.1 Å². The fourth-order valence-corrected chi connectivity index (χ4v) is 19.9. The second kappa shape index (κ2) is 61.9. The van der Waals surface area contributed by atoms with Crippen LogP contribution in [0.5, 0.6) is 11.5 Å². The molecule has 3 aliphatic heterocycles. The minimum atomic E-state index is -2.16. The Morgan fingerprint density at radius 1 is 0.365 bits per heavy atom. The van der Waals surface area contributed by atoms with Gasteiger partial charge in [0, 0.05) is 101 Å². The molecule has 2 unspecified atom stereocenters. The standard InChI is InChI=1S/C92H128N28O24S4/c93-69(123)29-27-57-79(133)115-63(43-71(95)125)85(139)117-65(89(143)119-35-9-17-67(119)87(141)111-55(15-7-33-103-91(99)100)77(131)105-45-73(97)127)47-147-148-48-66(90(144)120-36-10-18-68(120)88(142)112-56(16-8-34-104-92(101)102)78(132)106-46-74(98)128)118-86(140)64(44-72(96)126)116-80(134)58(28-30-70(94)124)110-84(138)62(40-50-13-5-2-6-14-50)114-82(136)60(42-52-21-25-54(122)26-22-52)108-76(130)32-38-146-145-37-31-75(129)107-59(41-51-19-23-53(121)24-20-51)81(135)113-61(83(137)109-57)39-49-11-3-1-4-12-49/h1-6,11-14,19-26,55-68,121-122H,7-10,15-18,27-48H2,(H2,93,123)(H2,94,124)(H2,95,125)(H2,96,126)(H2,97,127)(H2,98,128)(H,105,131)(H,106,132)(H,107,129)(H,108,130)(H,109,137)(H,110,138)(H,111,141)(H,112,142)(H,113,135)(H,114,136)(H,115,133)(H,116,134)(H,117,139)(H,118,140)(H4,99,100,103)(H4,101,102,104)/t55-,56+,57+,58-,59+,60-,61+,62-,63+,64-,65?,66?,67+,68-. The molecule has 52 nitrogen and oxygen atoms in total. The number of phenols is 2. The van der Waals surface area contributed by atoms with Crippen molar-refractivity contribution in [3.8, 4) is 11.5 Å². The van der Waals surface area contributed by atoms with E-state index in [0.717, 1.165) is 31.4 Å². The van der Waals surface area contributed by atoms with E-state index >= 15 is 38.4 Å². The number of primary amides is 6. The number of carbonyl (C=O) groups is 22. The van der Waals surface area contributed by atoms with Crippen molar-refractivity contribution in [2.24, 2.45) is 67.3 Å². The van der Waals surface area contributed by atoms with E-state index in [2.05, 4.69) is 84.4 Å². The van der Waals surface area contributed by atoms with E-state index < -0.39 is 278 Å². The van der Waals surface area contributed by atoms with Crippen molar-refractivity contribution in [3.63, 3.8) is 0 Å². The topological polar surface area (TPSA) is 876 Å². The lowest BCUT2D eigenvalue weighted by molar-refractivity contribution is -0.142. The number of aliphatic imine (C=N–C) groups is 2. The molecule has 148 heavy (non-hydrogen) atoms. The monoisotopic (exact) mass is 2140 g/mol. The molecule has 0 bridgehead atoms.